The number of hydrogen-bond donors (Lipinski definition) is 4. The molecule has 7 aliphatic rings. The smallest absolute Gasteiger partial charge is 0.197 e. The van der Waals surface area contributed by atoms with Crippen LogP contribution in [-0.4, -0.2) is 69.1 Å². The highest BCUT2D eigenvalue weighted by Gasteiger charge is 2.76. The summed E-state index contributed by atoms with van der Waals surface area (Å²) in [6.45, 7) is 8.73. The van der Waals surface area contributed by atoms with Gasteiger partial charge in [-0.15, -0.1) is 0 Å². The molecule has 200 valence electrons. The zero-order chi connectivity index (χ0) is 25.4. The molecule has 0 amide bonds. The van der Waals surface area contributed by atoms with Crippen LogP contribution >= 0.6 is 0 Å². The average molecular weight is 503 g/mol. The Balaban J connectivity index is 1.24. The van der Waals surface area contributed by atoms with Gasteiger partial charge in [0.25, 0.3) is 0 Å². The van der Waals surface area contributed by atoms with Gasteiger partial charge in [0.15, 0.2) is 17.7 Å². The second kappa shape index (κ2) is 7.44. The predicted molar refractivity (Wildman–Crippen MR) is 130 cm³/mol. The van der Waals surface area contributed by atoms with Crippen molar-refractivity contribution in [2.75, 3.05) is 6.61 Å². The maximum atomic E-state index is 11.7. The van der Waals surface area contributed by atoms with E-state index in [-0.39, 0.29) is 34.7 Å². The van der Waals surface area contributed by atoms with E-state index in [0.717, 1.165) is 32.1 Å². The van der Waals surface area contributed by atoms with E-state index >= 15 is 0 Å². The topological polar surface area (TPSA) is 109 Å². The van der Waals surface area contributed by atoms with Gasteiger partial charge >= 0.3 is 0 Å². The van der Waals surface area contributed by atoms with Crippen LogP contribution in [0.3, 0.4) is 0 Å². The molecule has 7 rings (SSSR count). The van der Waals surface area contributed by atoms with Crippen molar-refractivity contribution >= 4 is 0 Å². The number of hydrogen-bond acceptors (Lipinski definition) is 7. The van der Waals surface area contributed by atoms with Crippen LogP contribution < -0.4 is 0 Å². The van der Waals surface area contributed by atoms with Gasteiger partial charge in [0.05, 0.1) is 24.9 Å². The summed E-state index contributed by atoms with van der Waals surface area (Å²) in [5.41, 5.74) is 1.28. The molecule has 0 aromatic rings. The highest BCUT2D eigenvalue weighted by Crippen LogP contribution is 2.67. The first-order valence-corrected chi connectivity index (χ1v) is 14.1. The Bertz CT molecular complexity index is 1030. The van der Waals surface area contributed by atoms with E-state index in [9.17, 15) is 20.4 Å². The lowest BCUT2D eigenvalue weighted by Gasteiger charge is -2.53. The van der Waals surface area contributed by atoms with Crippen LogP contribution in [-0.2, 0) is 14.2 Å². The number of ether oxygens (including phenoxy) is 3. The van der Waals surface area contributed by atoms with Crippen LogP contribution in [0.4, 0.5) is 0 Å². The molecule has 3 saturated heterocycles. The second-order valence-electron chi connectivity index (χ2n) is 13.7. The molecule has 4 aliphatic carbocycles. The van der Waals surface area contributed by atoms with E-state index in [2.05, 4.69) is 26.0 Å². The lowest BCUT2D eigenvalue weighted by Crippen LogP contribution is -2.55. The van der Waals surface area contributed by atoms with Crippen molar-refractivity contribution in [2.24, 2.45) is 40.4 Å². The summed E-state index contributed by atoms with van der Waals surface area (Å²) >= 11 is 0. The fourth-order valence-electron chi connectivity index (χ4n) is 10.0. The van der Waals surface area contributed by atoms with Crippen LogP contribution in [0.5, 0.6) is 0 Å². The first-order valence-electron chi connectivity index (χ1n) is 14.1. The van der Waals surface area contributed by atoms with Crippen molar-refractivity contribution in [2.45, 2.75) is 108 Å². The maximum absolute atomic E-state index is 11.7. The standard InChI is InChI=1S/C29H42O7/c1-14-13-34-28(4)29(14,33)24-23(36-28)21(25(32)35-24)22-20(31)12-19-17-6-5-15-11-16(30)7-9-26(15,2)18(17)8-10-27(19,22)3/h6,8,14-16,19-25,30-33H,5,7,9-13H2,1-4H3/t14?,15?,16?,19-,20?,21-,22+,23?,24?,25?,26-,27-,28?,29+/m0/s1. The monoisotopic (exact) mass is 502 g/mol. The highest BCUT2D eigenvalue weighted by atomic mass is 16.8. The minimum absolute atomic E-state index is 0.0755. The molecule has 14 atom stereocenters. The van der Waals surface area contributed by atoms with E-state index in [1.54, 1.807) is 6.92 Å². The van der Waals surface area contributed by atoms with Crippen LogP contribution in [0.15, 0.2) is 23.3 Å². The van der Waals surface area contributed by atoms with Gasteiger partial charge in [-0.1, -0.05) is 32.9 Å². The van der Waals surface area contributed by atoms with Crippen molar-refractivity contribution in [3.05, 3.63) is 23.3 Å². The van der Waals surface area contributed by atoms with Crippen molar-refractivity contribution in [3.63, 3.8) is 0 Å². The Kier molecular flexibility index (Phi) is 5.01. The summed E-state index contributed by atoms with van der Waals surface area (Å²) in [7, 11) is 0. The summed E-state index contributed by atoms with van der Waals surface area (Å²) in [4.78, 5) is 0. The molecule has 2 saturated carbocycles. The molecule has 3 heterocycles. The molecule has 3 aliphatic heterocycles. The highest BCUT2D eigenvalue weighted by molar-refractivity contribution is 5.47. The van der Waals surface area contributed by atoms with Crippen molar-refractivity contribution in [1.29, 1.82) is 0 Å². The van der Waals surface area contributed by atoms with E-state index in [1.807, 2.05) is 6.92 Å². The second-order valence-corrected chi connectivity index (χ2v) is 13.7. The summed E-state index contributed by atoms with van der Waals surface area (Å²) in [6.07, 6.45) is 6.81. The average Bonchev–Trinajstić information content (AvgIpc) is 3.43. The Morgan fingerprint density at radius 3 is 2.61 bits per heavy atom. The first kappa shape index (κ1) is 24.3. The summed E-state index contributed by atoms with van der Waals surface area (Å²) < 4.78 is 18.4. The molecule has 7 nitrogen and oxygen atoms in total. The minimum atomic E-state index is -1.34. The van der Waals surface area contributed by atoms with Gasteiger partial charge in [0.2, 0.25) is 0 Å². The Hall–Kier alpha value is -0.800. The third-order valence-electron chi connectivity index (χ3n) is 12.2. The molecule has 0 bridgehead atoms. The lowest BCUT2D eigenvalue weighted by molar-refractivity contribution is -0.271. The zero-order valence-electron chi connectivity index (χ0n) is 21.9. The molecule has 0 aromatic carbocycles. The summed E-state index contributed by atoms with van der Waals surface area (Å²) in [5, 5.41) is 44.8. The van der Waals surface area contributed by atoms with Gasteiger partial charge in [-0.3, -0.25) is 0 Å². The van der Waals surface area contributed by atoms with Crippen molar-refractivity contribution < 1.29 is 34.6 Å². The molecule has 36 heavy (non-hydrogen) atoms. The van der Waals surface area contributed by atoms with Crippen LogP contribution in [0.25, 0.3) is 0 Å². The zero-order valence-corrected chi connectivity index (χ0v) is 21.9. The molecular formula is C29H42O7. The molecule has 0 spiro atoms. The van der Waals surface area contributed by atoms with Gasteiger partial charge in [-0.2, -0.15) is 0 Å². The fraction of sp³-hybridized carbons (Fsp3) is 0.862. The van der Waals surface area contributed by atoms with E-state index in [4.69, 9.17) is 14.2 Å². The quantitative estimate of drug-likeness (QED) is 0.437. The number of rotatable bonds is 1. The molecule has 7 heteroatoms. The number of fused-ring (bicyclic) bond motifs is 8. The molecule has 5 fully saturated rings. The van der Waals surface area contributed by atoms with Gasteiger partial charge in [-0.05, 0) is 79.3 Å². The molecule has 8 unspecified atom stereocenters. The first-order chi connectivity index (χ1) is 16.9. The molecular weight excluding hydrogens is 460 g/mol. The lowest BCUT2D eigenvalue weighted by atomic mass is 9.51. The number of allylic oxidation sites excluding steroid dienone is 4. The minimum Gasteiger partial charge on any atom is -0.393 e. The summed E-state index contributed by atoms with van der Waals surface area (Å²) in [5.74, 6) is -1.38. The van der Waals surface area contributed by atoms with Crippen LogP contribution in [0.2, 0.25) is 0 Å². The molecule has 4 N–H and O–H groups in total. The van der Waals surface area contributed by atoms with Crippen LogP contribution in [0, 0.1) is 40.4 Å². The van der Waals surface area contributed by atoms with Crippen molar-refractivity contribution in [1.82, 2.24) is 0 Å². The van der Waals surface area contributed by atoms with Gasteiger partial charge in [0, 0.05) is 17.8 Å². The maximum Gasteiger partial charge on any atom is 0.197 e. The van der Waals surface area contributed by atoms with Crippen molar-refractivity contribution in [3.8, 4) is 0 Å². The SMILES string of the molecule is CC1COC2(C)OC3C(OC(O)[C@H]3[C@H]3C(O)C[C@H]4C5=CCC6CC(O)CC[C@]6(C)C5=CC[C@]34C)[C@]12O. The van der Waals surface area contributed by atoms with Crippen LogP contribution in [0.1, 0.15) is 66.2 Å². The Morgan fingerprint density at radius 1 is 1.06 bits per heavy atom. The summed E-state index contributed by atoms with van der Waals surface area (Å²) in [6, 6.07) is 0. The van der Waals surface area contributed by atoms with Gasteiger partial charge in [0.1, 0.15) is 6.10 Å². The van der Waals surface area contributed by atoms with E-state index < -0.39 is 41.9 Å². The Labute approximate surface area is 213 Å². The number of aliphatic hydroxyl groups excluding tert-OH is 3. The Morgan fingerprint density at radius 2 is 1.83 bits per heavy atom. The van der Waals surface area contributed by atoms with Gasteiger partial charge < -0.3 is 34.6 Å². The van der Waals surface area contributed by atoms with E-state index in [0.29, 0.717) is 18.9 Å². The molecule has 0 radical (unpaired) electrons. The fourth-order valence-corrected chi connectivity index (χ4v) is 10.0. The number of aliphatic hydroxyl groups is 4. The van der Waals surface area contributed by atoms with E-state index in [1.165, 1.54) is 11.1 Å². The normalized spacial score (nSPS) is 61.6. The largest absolute Gasteiger partial charge is 0.393 e. The third-order valence-corrected chi connectivity index (χ3v) is 12.2. The van der Waals surface area contributed by atoms with Gasteiger partial charge in [-0.25, -0.2) is 0 Å². The molecule has 0 aromatic heterocycles. The predicted octanol–water partition coefficient (Wildman–Crippen LogP) is 2.66. The third kappa shape index (κ3) is 2.73.